The summed E-state index contributed by atoms with van der Waals surface area (Å²) >= 11 is 0. The van der Waals surface area contributed by atoms with Crippen molar-refractivity contribution in [3.63, 3.8) is 0 Å². The van der Waals surface area contributed by atoms with Crippen molar-refractivity contribution in [3.8, 4) is 5.75 Å². The van der Waals surface area contributed by atoms with Gasteiger partial charge in [-0.3, -0.25) is 9.59 Å². The molecule has 0 aliphatic rings. The summed E-state index contributed by atoms with van der Waals surface area (Å²) in [7, 11) is 3.67. The largest absolute Gasteiger partial charge is 0.424 e. The van der Waals surface area contributed by atoms with Crippen LogP contribution in [0.4, 0.5) is 0 Å². The molecule has 0 spiro atoms. The molecule has 100 valence electrons. The number of pyridine rings is 1. The maximum Gasteiger partial charge on any atom is 0.308 e. The van der Waals surface area contributed by atoms with Gasteiger partial charge in [0, 0.05) is 24.9 Å². The third-order valence-corrected chi connectivity index (χ3v) is 2.66. The summed E-state index contributed by atoms with van der Waals surface area (Å²) < 4.78 is 6.93. The molecule has 0 aromatic carbocycles. The number of Topliss-reactive ketones (excluding diaryl/α,β-unsaturated/α-hetero) is 1. The van der Waals surface area contributed by atoms with E-state index in [0.29, 0.717) is 23.4 Å². The summed E-state index contributed by atoms with van der Waals surface area (Å²) in [6, 6.07) is 5.20. The van der Waals surface area contributed by atoms with E-state index in [1.54, 1.807) is 33.7 Å². The molecule has 0 atom stereocenters. The molecule has 19 heavy (non-hydrogen) atoms. The highest BCUT2D eigenvalue weighted by atomic mass is 16.5. The topological polar surface area (TPSA) is 51.0 Å². The van der Waals surface area contributed by atoms with E-state index in [0.717, 1.165) is 0 Å². The molecule has 0 unspecified atom stereocenters. The van der Waals surface area contributed by atoms with Crippen LogP contribution in [0.2, 0.25) is 0 Å². The lowest BCUT2D eigenvalue weighted by Gasteiger charge is -2.09. The molecule has 0 radical (unpaired) electrons. The molecule has 0 saturated carbocycles. The third kappa shape index (κ3) is 2.82. The lowest BCUT2D eigenvalue weighted by atomic mass is 10.1. The summed E-state index contributed by atoms with van der Waals surface area (Å²) in [6.07, 6.45) is 3.60. The first-order valence-corrected chi connectivity index (χ1v) is 5.95. The predicted octanol–water partition coefficient (Wildman–Crippen LogP) is 1.61. The highest BCUT2D eigenvalue weighted by Gasteiger charge is 2.16. The molecule has 0 aliphatic carbocycles. The minimum Gasteiger partial charge on any atom is -0.424 e. The van der Waals surface area contributed by atoms with E-state index in [1.807, 2.05) is 20.3 Å². The Morgan fingerprint density at radius 2 is 2.00 bits per heavy atom. The first kappa shape index (κ1) is 13.3. The molecule has 0 N–H and O–H groups in total. The van der Waals surface area contributed by atoms with Crippen LogP contribution in [0.5, 0.6) is 5.75 Å². The highest BCUT2D eigenvalue weighted by molar-refractivity contribution is 6.05. The standard InChI is InChI=1S/C14H16N2O3/c1-10(17)19-13-5-4-7-16-8-6-11(14(13)16)12(18)9-15(2)3/h4-8H,9H2,1-3H3. The van der Waals surface area contributed by atoms with Gasteiger partial charge in [0.2, 0.25) is 0 Å². The number of carbonyl (C=O) groups is 2. The van der Waals surface area contributed by atoms with Crippen LogP contribution in [-0.4, -0.2) is 41.7 Å². The summed E-state index contributed by atoms with van der Waals surface area (Å²) in [5, 5.41) is 0. The van der Waals surface area contributed by atoms with Crippen molar-refractivity contribution in [2.45, 2.75) is 6.92 Å². The van der Waals surface area contributed by atoms with Crippen molar-refractivity contribution in [3.05, 3.63) is 36.2 Å². The molecular formula is C14H16N2O3. The Morgan fingerprint density at radius 1 is 1.26 bits per heavy atom. The van der Waals surface area contributed by atoms with E-state index < -0.39 is 5.97 Å². The Kier molecular flexibility index (Phi) is 3.66. The van der Waals surface area contributed by atoms with Crippen LogP contribution in [0.15, 0.2) is 30.6 Å². The number of carbonyl (C=O) groups excluding carboxylic acids is 2. The first-order valence-electron chi connectivity index (χ1n) is 5.95. The molecule has 5 heteroatoms. The van der Waals surface area contributed by atoms with E-state index in [1.165, 1.54) is 6.92 Å². The molecule has 2 rings (SSSR count). The molecule has 2 aromatic rings. The van der Waals surface area contributed by atoms with Gasteiger partial charge in [-0.25, -0.2) is 0 Å². The fourth-order valence-electron chi connectivity index (χ4n) is 1.97. The van der Waals surface area contributed by atoms with Crippen molar-refractivity contribution < 1.29 is 14.3 Å². The van der Waals surface area contributed by atoms with Gasteiger partial charge in [0.1, 0.15) is 0 Å². The van der Waals surface area contributed by atoms with Gasteiger partial charge in [0.15, 0.2) is 11.5 Å². The van der Waals surface area contributed by atoms with Crippen LogP contribution in [0.25, 0.3) is 5.52 Å². The van der Waals surface area contributed by atoms with Crippen LogP contribution in [0, 0.1) is 0 Å². The second-order valence-electron chi connectivity index (χ2n) is 4.61. The zero-order valence-electron chi connectivity index (χ0n) is 11.2. The number of esters is 1. The Balaban J connectivity index is 2.50. The molecular weight excluding hydrogens is 244 g/mol. The number of fused-ring (bicyclic) bond motifs is 1. The molecule has 2 aromatic heterocycles. The summed E-state index contributed by atoms with van der Waals surface area (Å²) in [5.74, 6) is -0.00508. The Morgan fingerprint density at radius 3 is 2.63 bits per heavy atom. The fraction of sp³-hybridized carbons (Fsp3) is 0.286. The summed E-state index contributed by atoms with van der Waals surface area (Å²) in [6.45, 7) is 1.65. The molecule has 0 fully saturated rings. The van der Waals surface area contributed by atoms with Crippen molar-refractivity contribution >= 4 is 17.3 Å². The first-order chi connectivity index (χ1) is 8.99. The van der Waals surface area contributed by atoms with Gasteiger partial charge in [0.05, 0.1) is 12.1 Å². The number of nitrogens with zero attached hydrogens (tertiary/aromatic N) is 2. The average Bonchev–Trinajstić information content (AvgIpc) is 2.72. The second kappa shape index (κ2) is 5.24. The van der Waals surface area contributed by atoms with E-state index in [2.05, 4.69) is 0 Å². The van der Waals surface area contributed by atoms with Crippen molar-refractivity contribution in [2.75, 3.05) is 20.6 Å². The van der Waals surface area contributed by atoms with Gasteiger partial charge in [-0.2, -0.15) is 0 Å². The number of rotatable bonds is 4. The lowest BCUT2D eigenvalue weighted by Crippen LogP contribution is -2.21. The fourth-order valence-corrected chi connectivity index (χ4v) is 1.97. The Labute approximate surface area is 111 Å². The molecule has 0 amide bonds. The highest BCUT2D eigenvalue weighted by Crippen LogP contribution is 2.25. The monoisotopic (exact) mass is 260 g/mol. The van der Waals surface area contributed by atoms with E-state index >= 15 is 0 Å². The zero-order chi connectivity index (χ0) is 14.0. The third-order valence-electron chi connectivity index (χ3n) is 2.66. The Hall–Kier alpha value is -2.14. The second-order valence-corrected chi connectivity index (χ2v) is 4.61. The summed E-state index contributed by atoms with van der Waals surface area (Å²) in [4.78, 5) is 25.1. The number of ketones is 1. The van der Waals surface area contributed by atoms with Gasteiger partial charge in [-0.15, -0.1) is 0 Å². The Bertz CT molecular complexity index is 629. The van der Waals surface area contributed by atoms with Crippen LogP contribution in [0.3, 0.4) is 0 Å². The maximum absolute atomic E-state index is 12.2. The zero-order valence-corrected chi connectivity index (χ0v) is 11.2. The van der Waals surface area contributed by atoms with Crippen molar-refractivity contribution in [1.82, 2.24) is 9.30 Å². The summed E-state index contributed by atoms with van der Waals surface area (Å²) in [5.41, 5.74) is 1.19. The SMILES string of the molecule is CC(=O)Oc1cccn2ccc(C(=O)CN(C)C)c12. The molecule has 0 aliphatic heterocycles. The van der Waals surface area contributed by atoms with Gasteiger partial charge >= 0.3 is 5.97 Å². The number of aromatic nitrogens is 1. The van der Waals surface area contributed by atoms with Gasteiger partial charge in [0.25, 0.3) is 0 Å². The van der Waals surface area contributed by atoms with Crippen LogP contribution >= 0.6 is 0 Å². The minimum atomic E-state index is -0.402. The smallest absolute Gasteiger partial charge is 0.308 e. The van der Waals surface area contributed by atoms with Crippen LogP contribution < -0.4 is 4.74 Å². The van der Waals surface area contributed by atoms with Crippen molar-refractivity contribution in [1.29, 1.82) is 0 Å². The van der Waals surface area contributed by atoms with E-state index in [9.17, 15) is 9.59 Å². The van der Waals surface area contributed by atoms with Crippen LogP contribution in [0.1, 0.15) is 17.3 Å². The molecule has 0 saturated heterocycles. The predicted molar refractivity (Wildman–Crippen MR) is 71.6 cm³/mol. The number of hydrogen-bond donors (Lipinski definition) is 0. The molecule has 2 heterocycles. The van der Waals surface area contributed by atoms with Gasteiger partial charge in [-0.05, 0) is 32.3 Å². The van der Waals surface area contributed by atoms with Gasteiger partial charge in [-0.1, -0.05) is 0 Å². The quantitative estimate of drug-likeness (QED) is 0.619. The number of likely N-dealkylation sites (N-methyl/N-ethyl adjacent to an activating group) is 1. The lowest BCUT2D eigenvalue weighted by molar-refractivity contribution is -0.131. The normalized spacial score (nSPS) is 10.9. The average molecular weight is 260 g/mol. The van der Waals surface area contributed by atoms with E-state index in [-0.39, 0.29) is 5.78 Å². The van der Waals surface area contributed by atoms with Crippen LogP contribution in [-0.2, 0) is 4.79 Å². The van der Waals surface area contributed by atoms with Crippen molar-refractivity contribution in [2.24, 2.45) is 0 Å². The number of hydrogen-bond acceptors (Lipinski definition) is 4. The van der Waals surface area contributed by atoms with E-state index in [4.69, 9.17) is 4.74 Å². The molecule has 0 bridgehead atoms. The molecule has 5 nitrogen and oxygen atoms in total. The van der Waals surface area contributed by atoms with Gasteiger partial charge < -0.3 is 14.0 Å². The maximum atomic E-state index is 12.2. The minimum absolute atomic E-state index is 0.00731. The number of ether oxygens (including phenoxy) is 1.